The molecule has 0 amide bonds. The normalized spacial score (nSPS) is 13.5. The number of aromatic nitrogens is 1. The van der Waals surface area contributed by atoms with Crippen LogP contribution in [0, 0.1) is 6.92 Å². The third-order valence-corrected chi connectivity index (χ3v) is 4.85. The predicted molar refractivity (Wildman–Crippen MR) is 80.2 cm³/mol. The van der Waals surface area contributed by atoms with Crippen LogP contribution in [0.2, 0.25) is 0 Å². The highest BCUT2D eigenvalue weighted by molar-refractivity contribution is 7.89. The summed E-state index contributed by atoms with van der Waals surface area (Å²) in [6.45, 7) is 6.48. The maximum absolute atomic E-state index is 12.4. The van der Waals surface area contributed by atoms with E-state index in [0.717, 1.165) is 11.5 Å². The second kappa shape index (κ2) is 6.05. The molecule has 0 spiro atoms. The van der Waals surface area contributed by atoms with Crippen LogP contribution in [-0.4, -0.2) is 13.0 Å². The second-order valence-corrected chi connectivity index (χ2v) is 6.66. The van der Waals surface area contributed by atoms with Crippen molar-refractivity contribution in [3.05, 3.63) is 41.6 Å². The van der Waals surface area contributed by atoms with Gasteiger partial charge in [0.15, 0.2) is 0 Å². The number of nitrogens with one attached hydrogen (secondary N) is 1. The quantitative estimate of drug-likeness (QED) is 0.852. The maximum atomic E-state index is 12.4. The van der Waals surface area contributed by atoms with E-state index in [1.165, 1.54) is 0 Å². The van der Waals surface area contributed by atoms with Gasteiger partial charge in [-0.05, 0) is 39.0 Å². The monoisotopic (exact) mass is 311 g/mol. The zero-order valence-corrected chi connectivity index (χ0v) is 13.3. The van der Waals surface area contributed by atoms with Gasteiger partial charge in [0.05, 0.1) is 10.9 Å². The molecule has 0 aromatic carbocycles. The molecule has 116 valence electrons. The molecule has 0 saturated heterocycles. The van der Waals surface area contributed by atoms with Crippen molar-refractivity contribution in [1.82, 2.24) is 9.29 Å². The van der Waals surface area contributed by atoms with Crippen molar-refractivity contribution in [3.63, 3.8) is 0 Å². The van der Waals surface area contributed by atoms with Gasteiger partial charge in [-0.1, -0.05) is 0 Å². The highest BCUT2D eigenvalue weighted by atomic mass is 32.2. The van der Waals surface area contributed by atoms with E-state index in [2.05, 4.69) is 4.72 Å². The molecule has 7 heteroatoms. The van der Waals surface area contributed by atoms with E-state index in [1.54, 1.807) is 31.3 Å². The molecule has 0 radical (unpaired) electrons. The molecule has 2 aromatic heterocycles. The predicted octanol–water partition coefficient (Wildman–Crippen LogP) is 1.91. The Kier molecular flexibility index (Phi) is 4.55. The molecule has 2 heterocycles. The van der Waals surface area contributed by atoms with Crippen LogP contribution < -0.4 is 10.5 Å². The average Bonchev–Trinajstić information content (AvgIpc) is 3.03. The lowest BCUT2D eigenvalue weighted by Crippen LogP contribution is -2.26. The van der Waals surface area contributed by atoms with Crippen molar-refractivity contribution in [2.24, 2.45) is 5.73 Å². The summed E-state index contributed by atoms with van der Waals surface area (Å²) in [7, 11) is -3.61. The molecule has 0 aliphatic rings. The van der Waals surface area contributed by atoms with Crippen LogP contribution in [-0.2, 0) is 23.1 Å². The molecule has 3 N–H and O–H groups in total. The summed E-state index contributed by atoms with van der Waals surface area (Å²) in [5.41, 5.74) is 6.42. The Balaban J connectivity index is 2.24. The fourth-order valence-corrected chi connectivity index (χ4v) is 3.46. The van der Waals surface area contributed by atoms with Gasteiger partial charge in [0.2, 0.25) is 10.0 Å². The minimum Gasteiger partial charge on any atom is -0.465 e. The molecule has 2 rings (SSSR count). The molecule has 6 nitrogen and oxygen atoms in total. The minimum atomic E-state index is -3.61. The molecule has 0 fully saturated rings. The van der Waals surface area contributed by atoms with Gasteiger partial charge in [-0.15, -0.1) is 0 Å². The summed E-state index contributed by atoms with van der Waals surface area (Å²) in [5.74, 6) is 1.34. The van der Waals surface area contributed by atoms with Crippen LogP contribution in [0.15, 0.2) is 33.7 Å². The largest absolute Gasteiger partial charge is 0.465 e. The van der Waals surface area contributed by atoms with Crippen LogP contribution in [0.5, 0.6) is 0 Å². The first-order valence-corrected chi connectivity index (χ1v) is 8.33. The molecule has 0 aliphatic carbocycles. The number of nitrogens with zero attached hydrogens (tertiary/aromatic N) is 1. The first kappa shape index (κ1) is 15.8. The van der Waals surface area contributed by atoms with Gasteiger partial charge in [0.25, 0.3) is 0 Å². The fraction of sp³-hybridized carbons (Fsp3) is 0.429. The van der Waals surface area contributed by atoms with Crippen molar-refractivity contribution >= 4 is 10.0 Å². The lowest BCUT2D eigenvalue weighted by Gasteiger charge is -2.11. The van der Waals surface area contributed by atoms with Crippen LogP contribution >= 0.6 is 0 Å². The van der Waals surface area contributed by atoms with Gasteiger partial charge >= 0.3 is 0 Å². The molecular formula is C14H21N3O3S. The molecule has 0 bridgehead atoms. The van der Waals surface area contributed by atoms with Crippen LogP contribution in [0.3, 0.4) is 0 Å². The Morgan fingerprint density at radius 2 is 2.14 bits per heavy atom. The van der Waals surface area contributed by atoms with Crippen molar-refractivity contribution in [1.29, 1.82) is 0 Å². The van der Waals surface area contributed by atoms with Crippen LogP contribution in [0.1, 0.15) is 37.1 Å². The first-order valence-electron chi connectivity index (χ1n) is 6.85. The average molecular weight is 311 g/mol. The first-order chi connectivity index (χ1) is 9.87. The molecule has 1 unspecified atom stereocenters. The topological polar surface area (TPSA) is 90.3 Å². The minimum absolute atomic E-state index is 0.222. The molecule has 2 aromatic rings. The van der Waals surface area contributed by atoms with E-state index >= 15 is 0 Å². The number of aryl methyl sites for hydroxylation is 2. The summed E-state index contributed by atoms with van der Waals surface area (Å²) < 4.78 is 34.7. The maximum Gasteiger partial charge on any atom is 0.242 e. The van der Waals surface area contributed by atoms with Gasteiger partial charge in [-0.25, -0.2) is 13.1 Å². The summed E-state index contributed by atoms with van der Waals surface area (Å²) in [4.78, 5) is 0.222. The number of sulfonamides is 1. The standard InChI is InChI=1S/C14H21N3O3S/c1-4-17-9-13(7-12(17)8-15)21(18,19)16-11(3)14-6-5-10(2)20-14/h5-7,9,11,16H,4,8,15H2,1-3H3. The molecular weight excluding hydrogens is 290 g/mol. The Bertz CT molecular complexity index is 694. The third kappa shape index (κ3) is 3.37. The lowest BCUT2D eigenvalue weighted by atomic mass is 10.3. The number of rotatable bonds is 6. The third-order valence-electron chi connectivity index (χ3n) is 3.34. The number of hydrogen-bond donors (Lipinski definition) is 2. The van der Waals surface area contributed by atoms with E-state index in [1.807, 2.05) is 18.4 Å². The van der Waals surface area contributed by atoms with Crippen molar-refractivity contribution < 1.29 is 12.8 Å². The smallest absolute Gasteiger partial charge is 0.242 e. The van der Waals surface area contributed by atoms with Crippen molar-refractivity contribution in [2.75, 3.05) is 0 Å². The summed E-state index contributed by atoms with van der Waals surface area (Å²) in [6.07, 6.45) is 1.60. The Hall–Kier alpha value is -1.57. The SMILES string of the molecule is CCn1cc(S(=O)(=O)NC(C)c2ccc(C)o2)cc1CN. The summed E-state index contributed by atoms with van der Waals surface area (Å²) >= 11 is 0. The summed E-state index contributed by atoms with van der Waals surface area (Å²) in [5, 5.41) is 0. The number of furan rings is 1. The van der Waals surface area contributed by atoms with Gasteiger partial charge in [0, 0.05) is 25.0 Å². The van der Waals surface area contributed by atoms with E-state index in [4.69, 9.17) is 10.2 Å². The van der Waals surface area contributed by atoms with Crippen molar-refractivity contribution in [3.8, 4) is 0 Å². The zero-order chi connectivity index (χ0) is 15.6. The number of nitrogens with two attached hydrogens (primary N) is 1. The van der Waals surface area contributed by atoms with Gasteiger partial charge in [0.1, 0.15) is 11.5 Å². The molecule has 0 aliphatic heterocycles. The lowest BCUT2D eigenvalue weighted by molar-refractivity contribution is 0.441. The second-order valence-electron chi connectivity index (χ2n) is 4.95. The fourth-order valence-electron chi connectivity index (χ4n) is 2.18. The van der Waals surface area contributed by atoms with Gasteiger partial charge in [-0.3, -0.25) is 0 Å². The van der Waals surface area contributed by atoms with E-state index in [0.29, 0.717) is 18.8 Å². The highest BCUT2D eigenvalue weighted by Crippen LogP contribution is 2.20. The Morgan fingerprint density at radius 3 is 2.62 bits per heavy atom. The molecule has 0 saturated carbocycles. The van der Waals surface area contributed by atoms with Gasteiger partial charge in [-0.2, -0.15) is 0 Å². The van der Waals surface area contributed by atoms with Crippen LogP contribution in [0.4, 0.5) is 0 Å². The molecule has 21 heavy (non-hydrogen) atoms. The number of hydrogen-bond acceptors (Lipinski definition) is 4. The van der Waals surface area contributed by atoms with Crippen molar-refractivity contribution in [2.45, 2.75) is 44.8 Å². The molecule has 1 atom stereocenters. The van der Waals surface area contributed by atoms with E-state index in [-0.39, 0.29) is 4.90 Å². The van der Waals surface area contributed by atoms with Crippen LogP contribution in [0.25, 0.3) is 0 Å². The van der Waals surface area contributed by atoms with Gasteiger partial charge < -0.3 is 14.7 Å². The summed E-state index contributed by atoms with van der Waals surface area (Å²) in [6, 6.07) is 4.74. The highest BCUT2D eigenvalue weighted by Gasteiger charge is 2.22. The van der Waals surface area contributed by atoms with E-state index in [9.17, 15) is 8.42 Å². The van der Waals surface area contributed by atoms with E-state index < -0.39 is 16.1 Å². The Morgan fingerprint density at radius 1 is 1.43 bits per heavy atom. The zero-order valence-electron chi connectivity index (χ0n) is 12.5. The Labute approximate surface area is 125 Å².